The van der Waals surface area contributed by atoms with Crippen molar-refractivity contribution in [1.29, 1.82) is 0 Å². The van der Waals surface area contributed by atoms with Gasteiger partial charge in [0.05, 0.1) is 23.5 Å². The van der Waals surface area contributed by atoms with Crippen LogP contribution in [0.1, 0.15) is 52.5 Å². The molecule has 3 saturated heterocycles. The Morgan fingerprint density at radius 2 is 1.57 bits per heavy atom. The summed E-state index contributed by atoms with van der Waals surface area (Å²) in [5.74, 6) is 2.09. The Morgan fingerprint density at radius 3 is 2.16 bits per heavy atom. The highest BCUT2D eigenvalue weighted by molar-refractivity contribution is 5.96. The van der Waals surface area contributed by atoms with Gasteiger partial charge in [-0.1, -0.05) is 30.3 Å². The quantitative estimate of drug-likeness (QED) is 0.531. The van der Waals surface area contributed by atoms with E-state index in [1.165, 1.54) is 11.9 Å². The molecule has 6 nitrogen and oxygen atoms in total. The molecule has 1 unspecified atom stereocenters. The number of aromatic nitrogens is 2. The number of fused-ring (bicyclic) bond motifs is 1. The van der Waals surface area contributed by atoms with E-state index in [1.807, 2.05) is 23.6 Å². The Hall–Kier alpha value is -2.45. The molecule has 0 aliphatic carbocycles. The van der Waals surface area contributed by atoms with Crippen molar-refractivity contribution in [2.75, 3.05) is 52.4 Å². The molecule has 1 aromatic carbocycles. The Labute approximate surface area is 219 Å². The summed E-state index contributed by atoms with van der Waals surface area (Å²) in [7, 11) is 0. The zero-order chi connectivity index (χ0) is 25.9. The third kappa shape index (κ3) is 6.01. The van der Waals surface area contributed by atoms with Crippen LogP contribution in [-0.4, -0.2) is 89.4 Å². The number of hydrogen-bond donors (Lipinski definition) is 0. The first-order chi connectivity index (χ1) is 17.9. The number of likely N-dealkylation sites (tertiary alicyclic amines) is 3. The third-order valence-electron chi connectivity index (χ3n) is 8.87. The highest BCUT2D eigenvalue weighted by atomic mass is 19.3. The summed E-state index contributed by atoms with van der Waals surface area (Å²) in [6.45, 7) is 9.91. The minimum Gasteiger partial charge on any atom is -0.338 e. The van der Waals surface area contributed by atoms with Gasteiger partial charge in [-0.25, -0.2) is 18.7 Å². The normalized spacial score (nSPS) is 24.1. The molecule has 2 aromatic rings. The minimum absolute atomic E-state index is 0.0684. The van der Waals surface area contributed by atoms with E-state index in [2.05, 4.69) is 45.2 Å². The largest absolute Gasteiger partial charge is 0.338 e. The van der Waals surface area contributed by atoms with E-state index in [-0.39, 0.29) is 12.5 Å². The first kappa shape index (κ1) is 26.2. The Kier molecular flexibility index (Phi) is 8.15. The first-order valence-corrected chi connectivity index (χ1v) is 13.7. The van der Waals surface area contributed by atoms with Crippen molar-refractivity contribution in [3.63, 3.8) is 0 Å². The lowest BCUT2D eigenvalue weighted by Crippen LogP contribution is -2.39. The van der Waals surface area contributed by atoms with Gasteiger partial charge < -0.3 is 9.80 Å². The van der Waals surface area contributed by atoms with E-state index in [9.17, 15) is 13.6 Å². The Morgan fingerprint density at radius 1 is 0.946 bits per heavy atom. The minimum atomic E-state index is -2.25. The van der Waals surface area contributed by atoms with Crippen molar-refractivity contribution in [2.24, 2.45) is 17.8 Å². The van der Waals surface area contributed by atoms with Crippen molar-refractivity contribution in [1.82, 2.24) is 24.7 Å². The predicted octanol–water partition coefficient (Wildman–Crippen LogP) is 4.25. The number of hydrogen-bond acceptors (Lipinski definition) is 5. The highest BCUT2D eigenvalue weighted by Crippen LogP contribution is 2.37. The lowest BCUT2D eigenvalue weighted by atomic mass is 9.78. The van der Waals surface area contributed by atoms with Gasteiger partial charge in [-0.05, 0) is 82.0 Å². The van der Waals surface area contributed by atoms with Gasteiger partial charge in [-0.15, -0.1) is 0 Å². The van der Waals surface area contributed by atoms with Gasteiger partial charge in [0.15, 0.2) is 0 Å². The number of aryl methyl sites for hydroxylation is 2. The van der Waals surface area contributed by atoms with E-state index in [1.54, 1.807) is 0 Å². The molecule has 0 saturated carbocycles. The molecule has 3 aliphatic rings. The maximum atomic E-state index is 13.2. The lowest BCUT2D eigenvalue weighted by Gasteiger charge is -2.37. The van der Waals surface area contributed by atoms with Crippen LogP contribution < -0.4 is 0 Å². The number of halogens is 2. The van der Waals surface area contributed by atoms with Crippen LogP contribution in [-0.2, 0) is 0 Å². The molecule has 0 radical (unpaired) electrons. The smallest absolute Gasteiger partial charge is 0.257 e. The lowest BCUT2D eigenvalue weighted by molar-refractivity contribution is 0.0646. The first-order valence-electron chi connectivity index (χ1n) is 13.7. The Bertz CT molecular complexity index is 1030. The number of benzene rings is 1. The maximum Gasteiger partial charge on any atom is 0.257 e. The van der Waals surface area contributed by atoms with Crippen molar-refractivity contribution in [3.8, 4) is 0 Å². The number of alkyl halides is 2. The van der Waals surface area contributed by atoms with E-state index in [0.717, 1.165) is 76.5 Å². The molecule has 4 heterocycles. The van der Waals surface area contributed by atoms with E-state index < -0.39 is 6.43 Å². The summed E-state index contributed by atoms with van der Waals surface area (Å²) in [4.78, 5) is 28.2. The molecule has 0 spiro atoms. The van der Waals surface area contributed by atoms with Crippen LogP contribution in [0, 0.1) is 31.6 Å². The highest BCUT2D eigenvalue weighted by Gasteiger charge is 2.42. The van der Waals surface area contributed by atoms with Crippen molar-refractivity contribution in [2.45, 2.75) is 45.5 Å². The fraction of sp³-hybridized carbons (Fsp3) is 0.621. The average Bonchev–Trinajstić information content (AvgIpc) is 3.44. The number of nitrogens with zero attached hydrogens (tertiary/aromatic N) is 5. The van der Waals surface area contributed by atoms with Crippen LogP contribution in [0.5, 0.6) is 0 Å². The van der Waals surface area contributed by atoms with Gasteiger partial charge >= 0.3 is 0 Å². The molecule has 0 N–H and O–H groups in total. The Balaban J connectivity index is 1.16. The number of carbonyl (C=O) groups excluding carboxylic acids is 1. The van der Waals surface area contributed by atoms with Gasteiger partial charge in [0.25, 0.3) is 12.3 Å². The van der Waals surface area contributed by atoms with Crippen LogP contribution in [0.25, 0.3) is 0 Å². The van der Waals surface area contributed by atoms with Gasteiger partial charge in [0, 0.05) is 26.2 Å². The fourth-order valence-electron chi connectivity index (χ4n) is 6.93. The number of carbonyl (C=O) groups is 1. The average molecular weight is 512 g/mol. The van der Waals surface area contributed by atoms with Crippen molar-refractivity contribution in [3.05, 3.63) is 59.2 Å². The molecule has 1 amide bonds. The number of piperidine rings is 1. The summed E-state index contributed by atoms with van der Waals surface area (Å²) < 4.78 is 25.7. The van der Waals surface area contributed by atoms with Gasteiger partial charge in [-0.3, -0.25) is 9.69 Å². The molecule has 8 heteroatoms. The SMILES string of the molecule is Cc1ncnc(C)c1C(=O)N1C[C@H]2CN(CCC(c3ccccc3)C3CCN(CC(F)F)CC3)C[C@H]2C1. The number of amides is 1. The summed E-state index contributed by atoms with van der Waals surface area (Å²) in [5, 5.41) is 0. The summed E-state index contributed by atoms with van der Waals surface area (Å²) in [5.41, 5.74) is 3.54. The van der Waals surface area contributed by atoms with E-state index in [4.69, 9.17) is 0 Å². The fourth-order valence-corrected chi connectivity index (χ4v) is 6.93. The van der Waals surface area contributed by atoms with Crippen LogP contribution >= 0.6 is 0 Å². The van der Waals surface area contributed by atoms with Gasteiger partial charge in [-0.2, -0.15) is 0 Å². The standard InChI is InChI=1S/C29H39F2N5O/c1-20-28(21(2)33-19-32-20)29(37)36-16-24-14-35(15-25(24)17-36)13-10-26(22-6-4-3-5-7-22)23-8-11-34(12-9-23)18-27(30)31/h3-7,19,23-27H,8-18H2,1-2H3/t24-,25+,26?. The van der Waals surface area contributed by atoms with Crippen molar-refractivity contribution < 1.29 is 13.6 Å². The second-order valence-electron chi connectivity index (χ2n) is 11.2. The summed E-state index contributed by atoms with van der Waals surface area (Å²) in [6.07, 6.45) is 2.32. The van der Waals surface area contributed by atoms with Crippen LogP contribution in [0.2, 0.25) is 0 Å². The molecule has 200 valence electrons. The molecule has 5 rings (SSSR count). The summed E-state index contributed by atoms with van der Waals surface area (Å²) >= 11 is 0. The summed E-state index contributed by atoms with van der Waals surface area (Å²) in [6, 6.07) is 10.7. The molecule has 3 atom stereocenters. The zero-order valence-corrected chi connectivity index (χ0v) is 22.0. The van der Waals surface area contributed by atoms with Crippen molar-refractivity contribution >= 4 is 5.91 Å². The third-order valence-corrected chi connectivity index (χ3v) is 8.87. The molecule has 37 heavy (non-hydrogen) atoms. The predicted molar refractivity (Wildman–Crippen MR) is 140 cm³/mol. The topological polar surface area (TPSA) is 52.6 Å². The molecule has 3 aliphatic heterocycles. The van der Waals surface area contributed by atoms with Gasteiger partial charge in [0.1, 0.15) is 6.33 Å². The maximum absolute atomic E-state index is 13.2. The monoisotopic (exact) mass is 511 g/mol. The van der Waals surface area contributed by atoms with Gasteiger partial charge in [0.2, 0.25) is 0 Å². The molecular weight excluding hydrogens is 472 g/mol. The molecule has 3 fully saturated rings. The molecular formula is C29H39F2N5O. The van der Waals surface area contributed by atoms with Crippen LogP contribution in [0.4, 0.5) is 8.78 Å². The second kappa shape index (κ2) is 11.5. The van der Waals surface area contributed by atoms with E-state index >= 15 is 0 Å². The molecule has 0 bridgehead atoms. The van der Waals surface area contributed by atoms with Crippen LogP contribution in [0.15, 0.2) is 36.7 Å². The second-order valence-corrected chi connectivity index (χ2v) is 11.2. The zero-order valence-electron chi connectivity index (χ0n) is 22.0. The van der Waals surface area contributed by atoms with E-state index in [0.29, 0.717) is 29.2 Å². The molecule has 1 aromatic heterocycles. The number of rotatable bonds is 8. The van der Waals surface area contributed by atoms with Crippen LogP contribution in [0.3, 0.4) is 0 Å².